The first-order valence-electron chi connectivity index (χ1n) is 7.39. The molecule has 17 heavy (non-hydrogen) atoms. The van der Waals surface area contributed by atoms with Crippen LogP contribution in [0.5, 0.6) is 0 Å². The molecule has 0 amide bonds. The highest BCUT2D eigenvalue weighted by atomic mass is 16.3. The van der Waals surface area contributed by atoms with Crippen molar-refractivity contribution >= 4 is 0 Å². The Morgan fingerprint density at radius 3 is 2.41 bits per heavy atom. The Balaban J connectivity index is 1.76. The van der Waals surface area contributed by atoms with Gasteiger partial charge in [0, 0.05) is 12.6 Å². The monoisotopic (exact) mass is 240 g/mol. The molecule has 100 valence electrons. The van der Waals surface area contributed by atoms with E-state index >= 15 is 0 Å². The molecule has 3 nitrogen and oxygen atoms in total. The molecule has 2 aliphatic rings. The van der Waals surface area contributed by atoms with Crippen molar-refractivity contribution in [1.29, 1.82) is 0 Å². The van der Waals surface area contributed by atoms with E-state index in [1.807, 2.05) is 0 Å². The smallest absolute Gasteiger partial charge is 0.0462 e. The Labute approximate surface area is 105 Å². The van der Waals surface area contributed by atoms with Crippen molar-refractivity contribution in [3.63, 3.8) is 0 Å². The van der Waals surface area contributed by atoms with Gasteiger partial charge in [0.05, 0.1) is 0 Å². The van der Waals surface area contributed by atoms with Crippen LogP contribution in [0.3, 0.4) is 0 Å². The predicted molar refractivity (Wildman–Crippen MR) is 70.7 cm³/mol. The Bertz CT molecular complexity index is 222. The van der Waals surface area contributed by atoms with Crippen LogP contribution in [0, 0.1) is 17.8 Å². The third kappa shape index (κ3) is 3.43. The van der Waals surface area contributed by atoms with Crippen molar-refractivity contribution in [2.45, 2.75) is 51.0 Å². The number of nitrogens with one attached hydrogen (secondary N) is 1. The molecule has 0 heterocycles. The first kappa shape index (κ1) is 13.3. The number of nitrogens with two attached hydrogens (primary N) is 1. The van der Waals surface area contributed by atoms with Crippen molar-refractivity contribution in [3.05, 3.63) is 0 Å². The second-order valence-electron chi connectivity index (χ2n) is 5.93. The van der Waals surface area contributed by atoms with Gasteiger partial charge < -0.3 is 16.2 Å². The lowest BCUT2D eigenvalue weighted by molar-refractivity contribution is 0.181. The molecule has 4 atom stereocenters. The fourth-order valence-corrected chi connectivity index (χ4v) is 3.68. The van der Waals surface area contributed by atoms with E-state index in [0.717, 1.165) is 13.1 Å². The minimum absolute atomic E-state index is 0.372. The standard InChI is InChI=1S/C14H28N2O/c15-8-11-4-1-2-7-14(11)16-9-12-5-3-6-13(12)10-17/h11-14,16-17H,1-10,15H2. The first-order valence-corrected chi connectivity index (χ1v) is 7.39. The Morgan fingerprint density at radius 1 is 0.941 bits per heavy atom. The van der Waals surface area contributed by atoms with Crippen LogP contribution in [0.2, 0.25) is 0 Å². The van der Waals surface area contributed by atoms with E-state index in [1.165, 1.54) is 44.9 Å². The predicted octanol–water partition coefficient (Wildman–Crippen LogP) is 1.50. The van der Waals surface area contributed by atoms with E-state index in [2.05, 4.69) is 5.32 Å². The lowest BCUT2D eigenvalue weighted by Crippen LogP contribution is -2.44. The number of aliphatic hydroxyl groups is 1. The van der Waals surface area contributed by atoms with Crippen LogP contribution in [-0.2, 0) is 0 Å². The highest BCUT2D eigenvalue weighted by molar-refractivity contribution is 4.85. The van der Waals surface area contributed by atoms with Gasteiger partial charge in [-0.15, -0.1) is 0 Å². The third-order valence-electron chi connectivity index (χ3n) is 4.91. The van der Waals surface area contributed by atoms with Gasteiger partial charge >= 0.3 is 0 Å². The van der Waals surface area contributed by atoms with Crippen LogP contribution in [-0.4, -0.2) is 30.8 Å². The number of hydrogen-bond donors (Lipinski definition) is 3. The maximum Gasteiger partial charge on any atom is 0.0462 e. The summed E-state index contributed by atoms with van der Waals surface area (Å²) in [4.78, 5) is 0. The molecular weight excluding hydrogens is 212 g/mol. The molecule has 2 saturated carbocycles. The first-order chi connectivity index (χ1) is 8.35. The third-order valence-corrected chi connectivity index (χ3v) is 4.91. The summed E-state index contributed by atoms with van der Waals surface area (Å²) in [5, 5.41) is 13.1. The summed E-state index contributed by atoms with van der Waals surface area (Å²) in [6, 6.07) is 0.633. The molecule has 0 aliphatic heterocycles. The average Bonchev–Trinajstić information content (AvgIpc) is 2.84. The van der Waals surface area contributed by atoms with Gasteiger partial charge in [0.15, 0.2) is 0 Å². The van der Waals surface area contributed by atoms with Crippen LogP contribution in [0.15, 0.2) is 0 Å². The normalized spacial score (nSPS) is 38.5. The van der Waals surface area contributed by atoms with E-state index < -0.39 is 0 Å². The maximum absolute atomic E-state index is 9.32. The van der Waals surface area contributed by atoms with Crippen molar-refractivity contribution in [2.24, 2.45) is 23.5 Å². The molecule has 2 fully saturated rings. The molecule has 0 saturated heterocycles. The number of aliphatic hydroxyl groups excluding tert-OH is 1. The Morgan fingerprint density at radius 2 is 1.65 bits per heavy atom. The molecule has 0 aromatic carbocycles. The van der Waals surface area contributed by atoms with E-state index in [4.69, 9.17) is 5.73 Å². The summed E-state index contributed by atoms with van der Waals surface area (Å²) in [5.74, 6) is 1.92. The highest BCUT2D eigenvalue weighted by Crippen LogP contribution is 2.31. The number of hydrogen-bond acceptors (Lipinski definition) is 3. The summed E-state index contributed by atoms with van der Waals surface area (Å²) in [6.45, 7) is 2.29. The topological polar surface area (TPSA) is 58.3 Å². The fourth-order valence-electron chi connectivity index (χ4n) is 3.68. The molecule has 0 bridgehead atoms. The summed E-state index contributed by atoms with van der Waals surface area (Å²) >= 11 is 0. The van der Waals surface area contributed by atoms with Gasteiger partial charge in [-0.05, 0) is 56.5 Å². The molecule has 0 radical (unpaired) electrons. The zero-order valence-electron chi connectivity index (χ0n) is 10.9. The SMILES string of the molecule is NCC1CCCCC1NCC1CCCC1CO. The molecule has 3 heteroatoms. The molecule has 4 unspecified atom stereocenters. The van der Waals surface area contributed by atoms with Gasteiger partial charge in [-0.1, -0.05) is 19.3 Å². The van der Waals surface area contributed by atoms with Gasteiger partial charge in [-0.25, -0.2) is 0 Å². The summed E-state index contributed by atoms with van der Waals surface area (Å²) in [5.41, 5.74) is 5.85. The van der Waals surface area contributed by atoms with Gasteiger partial charge in [-0.2, -0.15) is 0 Å². The second kappa shape index (κ2) is 6.72. The van der Waals surface area contributed by atoms with Crippen LogP contribution in [0.1, 0.15) is 44.9 Å². The van der Waals surface area contributed by atoms with E-state index in [-0.39, 0.29) is 0 Å². The Hall–Kier alpha value is -0.120. The molecule has 4 N–H and O–H groups in total. The van der Waals surface area contributed by atoms with E-state index in [1.54, 1.807) is 0 Å². The largest absolute Gasteiger partial charge is 0.396 e. The van der Waals surface area contributed by atoms with Crippen LogP contribution in [0.25, 0.3) is 0 Å². The summed E-state index contributed by atoms with van der Waals surface area (Å²) in [6.07, 6.45) is 9.08. The van der Waals surface area contributed by atoms with Crippen molar-refractivity contribution < 1.29 is 5.11 Å². The minimum Gasteiger partial charge on any atom is -0.396 e. The zero-order chi connectivity index (χ0) is 12.1. The van der Waals surface area contributed by atoms with Gasteiger partial charge in [0.2, 0.25) is 0 Å². The van der Waals surface area contributed by atoms with Crippen LogP contribution >= 0.6 is 0 Å². The summed E-state index contributed by atoms with van der Waals surface area (Å²) < 4.78 is 0. The lowest BCUT2D eigenvalue weighted by atomic mass is 9.84. The van der Waals surface area contributed by atoms with Gasteiger partial charge in [-0.3, -0.25) is 0 Å². The molecule has 2 rings (SSSR count). The molecule has 0 spiro atoms. The number of rotatable bonds is 5. The average molecular weight is 240 g/mol. The van der Waals surface area contributed by atoms with Gasteiger partial charge in [0.1, 0.15) is 0 Å². The molecule has 0 aromatic heterocycles. The highest BCUT2D eigenvalue weighted by Gasteiger charge is 2.29. The van der Waals surface area contributed by atoms with Crippen LogP contribution in [0.4, 0.5) is 0 Å². The van der Waals surface area contributed by atoms with E-state index in [0.29, 0.717) is 30.4 Å². The summed E-state index contributed by atoms with van der Waals surface area (Å²) in [7, 11) is 0. The molecular formula is C14H28N2O. The fraction of sp³-hybridized carbons (Fsp3) is 1.00. The molecule has 0 aromatic rings. The minimum atomic E-state index is 0.372. The van der Waals surface area contributed by atoms with Gasteiger partial charge in [0.25, 0.3) is 0 Å². The maximum atomic E-state index is 9.32. The second-order valence-corrected chi connectivity index (χ2v) is 5.93. The zero-order valence-corrected chi connectivity index (χ0v) is 10.9. The lowest BCUT2D eigenvalue weighted by Gasteiger charge is -2.33. The van der Waals surface area contributed by atoms with Crippen molar-refractivity contribution in [2.75, 3.05) is 19.7 Å². The quantitative estimate of drug-likeness (QED) is 0.682. The van der Waals surface area contributed by atoms with Crippen molar-refractivity contribution in [1.82, 2.24) is 5.32 Å². The van der Waals surface area contributed by atoms with E-state index in [9.17, 15) is 5.11 Å². The Kier molecular flexibility index (Phi) is 5.26. The van der Waals surface area contributed by atoms with Crippen molar-refractivity contribution in [3.8, 4) is 0 Å². The molecule has 2 aliphatic carbocycles. The van der Waals surface area contributed by atoms with Crippen LogP contribution < -0.4 is 11.1 Å².